The number of pyridine rings is 1. The minimum Gasteiger partial charge on any atom is -0.439 e. The summed E-state index contributed by atoms with van der Waals surface area (Å²) in [6.07, 6.45) is 5.67. The molecule has 3 aromatic rings. The number of aryl methyl sites for hydroxylation is 1. The Hall–Kier alpha value is -3.29. The Bertz CT molecular complexity index is 919. The number of benzene rings is 1. The molecule has 8 nitrogen and oxygen atoms in total. The van der Waals surface area contributed by atoms with Crippen molar-refractivity contribution >= 4 is 5.69 Å². The summed E-state index contributed by atoms with van der Waals surface area (Å²) in [7, 11) is 0. The smallest absolute Gasteiger partial charge is 0.287 e. The molecule has 0 aliphatic carbocycles. The minimum atomic E-state index is -0.493. The van der Waals surface area contributed by atoms with Crippen LogP contribution in [0.5, 0.6) is 11.6 Å². The maximum absolute atomic E-state index is 10.7. The number of nitro groups is 1. The molecule has 26 heavy (non-hydrogen) atoms. The Kier molecular flexibility index (Phi) is 4.30. The fourth-order valence-electron chi connectivity index (χ4n) is 3.03. The molecule has 0 N–H and O–H groups in total. The second kappa shape index (κ2) is 6.91. The maximum atomic E-state index is 10.7. The molecule has 8 heteroatoms. The number of nitrogens with zero attached hydrogens (tertiary/aromatic N) is 5. The van der Waals surface area contributed by atoms with Gasteiger partial charge in [-0.1, -0.05) is 6.42 Å². The normalized spacial score (nSPS) is 13.7. The quantitative estimate of drug-likeness (QED) is 0.524. The lowest BCUT2D eigenvalue weighted by molar-refractivity contribution is -0.385. The molecule has 0 spiro atoms. The highest BCUT2D eigenvalue weighted by atomic mass is 16.6. The number of aromatic nitrogens is 4. The fraction of sp³-hybridized carbons (Fsp3) is 0.278. The zero-order valence-corrected chi connectivity index (χ0v) is 14.0. The summed E-state index contributed by atoms with van der Waals surface area (Å²) >= 11 is 0. The summed E-state index contributed by atoms with van der Waals surface area (Å²) in [6, 6.07) is 10.4. The minimum absolute atomic E-state index is 0.0693. The zero-order valence-electron chi connectivity index (χ0n) is 14.0. The van der Waals surface area contributed by atoms with Crippen molar-refractivity contribution in [3.63, 3.8) is 0 Å². The van der Waals surface area contributed by atoms with Crippen LogP contribution in [-0.4, -0.2) is 24.7 Å². The lowest BCUT2D eigenvalue weighted by atomic mass is 10.2. The Morgan fingerprint density at radius 1 is 1.04 bits per heavy atom. The van der Waals surface area contributed by atoms with Crippen LogP contribution in [0.15, 0.2) is 42.6 Å². The third-order valence-corrected chi connectivity index (χ3v) is 4.38. The van der Waals surface area contributed by atoms with Crippen LogP contribution in [0, 0.1) is 10.1 Å². The molecule has 3 heterocycles. The van der Waals surface area contributed by atoms with Crippen LogP contribution in [0.4, 0.5) is 5.69 Å². The van der Waals surface area contributed by atoms with E-state index in [1.165, 1.54) is 24.8 Å². The molecule has 0 atom stereocenters. The summed E-state index contributed by atoms with van der Waals surface area (Å²) in [5, 5.41) is 19.3. The molecule has 0 amide bonds. The van der Waals surface area contributed by atoms with Crippen LogP contribution in [-0.2, 0) is 13.0 Å². The Labute approximate surface area is 149 Å². The van der Waals surface area contributed by atoms with Crippen molar-refractivity contribution in [1.82, 2.24) is 19.7 Å². The zero-order chi connectivity index (χ0) is 17.9. The van der Waals surface area contributed by atoms with Gasteiger partial charge in [0.1, 0.15) is 17.8 Å². The number of fused-ring (bicyclic) bond motifs is 1. The van der Waals surface area contributed by atoms with Crippen molar-refractivity contribution in [3.8, 4) is 23.0 Å². The SMILES string of the molecule is O=[N+]([O-])c1ccc(Oc2ccc(-c3nnc4n3CCCCC4)cc2)nc1. The molecule has 0 radical (unpaired) electrons. The van der Waals surface area contributed by atoms with E-state index < -0.39 is 4.92 Å². The molecular formula is C18H17N5O3. The van der Waals surface area contributed by atoms with E-state index in [0.29, 0.717) is 11.6 Å². The van der Waals surface area contributed by atoms with Crippen LogP contribution in [0.1, 0.15) is 25.1 Å². The lowest BCUT2D eigenvalue weighted by Gasteiger charge is -2.08. The van der Waals surface area contributed by atoms with Gasteiger partial charge >= 0.3 is 0 Å². The highest BCUT2D eigenvalue weighted by Gasteiger charge is 2.16. The average Bonchev–Trinajstić information content (AvgIpc) is 2.91. The summed E-state index contributed by atoms with van der Waals surface area (Å²) < 4.78 is 7.84. The van der Waals surface area contributed by atoms with E-state index in [-0.39, 0.29) is 5.69 Å². The summed E-state index contributed by atoms with van der Waals surface area (Å²) in [5.74, 6) is 2.83. The molecule has 1 aromatic carbocycles. The van der Waals surface area contributed by atoms with Crippen LogP contribution < -0.4 is 4.74 Å². The fourth-order valence-corrected chi connectivity index (χ4v) is 3.03. The average molecular weight is 351 g/mol. The highest BCUT2D eigenvalue weighted by molar-refractivity contribution is 5.57. The van der Waals surface area contributed by atoms with Crippen LogP contribution >= 0.6 is 0 Å². The van der Waals surface area contributed by atoms with Crippen LogP contribution in [0.2, 0.25) is 0 Å². The van der Waals surface area contributed by atoms with Crippen LogP contribution in [0.25, 0.3) is 11.4 Å². The van der Waals surface area contributed by atoms with Gasteiger partial charge in [-0.15, -0.1) is 10.2 Å². The van der Waals surface area contributed by atoms with Gasteiger partial charge in [-0.3, -0.25) is 10.1 Å². The molecule has 0 saturated heterocycles. The first-order valence-electron chi connectivity index (χ1n) is 8.51. The van der Waals surface area contributed by atoms with Crippen LogP contribution in [0.3, 0.4) is 0 Å². The molecular weight excluding hydrogens is 334 g/mol. The van der Waals surface area contributed by atoms with Gasteiger partial charge in [0.15, 0.2) is 5.82 Å². The first-order valence-corrected chi connectivity index (χ1v) is 8.51. The summed E-state index contributed by atoms with van der Waals surface area (Å²) in [4.78, 5) is 14.1. The Morgan fingerprint density at radius 2 is 1.88 bits per heavy atom. The van der Waals surface area contributed by atoms with E-state index >= 15 is 0 Å². The van der Waals surface area contributed by atoms with Crippen molar-refractivity contribution < 1.29 is 9.66 Å². The van der Waals surface area contributed by atoms with E-state index in [9.17, 15) is 10.1 Å². The molecule has 0 bridgehead atoms. The first kappa shape index (κ1) is 16.2. The van der Waals surface area contributed by atoms with Gasteiger partial charge in [0.2, 0.25) is 5.88 Å². The molecule has 2 aromatic heterocycles. The van der Waals surface area contributed by atoms with Gasteiger partial charge in [-0.25, -0.2) is 4.98 Å². The number of hydrogen-bond donors (Lipinski definition) is 0. The van der Waals surface area contributed by atoms with Gasteiger partial charge in [0, 0.05) is 30.7 Å². The third-order valence-electron chi connectivity index (χ3n) is 4.38. The number of ether oxygens (including phenoxy) is 1. The van der Waals surface area contributed by atoms with E-state index in [4.69, 9.17) is 4.74 Å². The monoisotopic (exact) mass is 351 g/mol. The van der Waals surface area contributed by atoms with E-state index in [1.54, 1.807) is 0 Å². The van der Waals surface area contributed by atoms with Crippen molar-refractivity contribution in [1.29, 1.82) is 0 Å². The second-order valence-corrected chi connectivity index (χ2v) is 6.14. The van der Waals surface area contributed by atoms with Crippen molar-refractivity contribution in [2.45, 2.75) is 32.2 Å². The van der Waals surface area contributed by atoms with Gasteiger partial charge in [-0.2, -0.15) is 0 Å². The topological polar surface area (TPSA) is 96.0 Å². The molecule has 1 aliphatic heterocycles. The number of hydrogen-bond acceptors (Lipinski definition) is 6. The predicted molar refractivity (Wildman–Crippen MR) is 94.0 cm³/mol. The summed E-state index contributed by atoms with van der Waals surface area (Å²) in [6.45, 7) is 0.947. The van der Waals surface area contributed by atoms with Crippen molar-refractivity contribution in [3.05, 3.63) is 58.5 Å². The second-order valence-electron chi connectivity index (χ2n) is 6.14. The maximum Gasteiger partial charge on any atom is 0.287 e. The molecule has 0 fully saturated rings. The molecule has 0 unspecified atom stereocenters. The van der Waals surface area contributed by atoms with Crippen molar-refractivity contribution in [2.24, 2.45) is 0 Å². The molecule has 1 aliphatic rings. The van der Waals surface area contributed by atoms with Crippen molar-refractivity contribution in [2.75, 3.05) is 0 Å². The number of rotatable bonds is 4. The van der Waals surface area contributed by atoms with Gasteiger partial charge < -0.3 is 9.30 Å². The van der Waals surface area contributed by atoms with Gasteiger partial charge in [0.05, 0.1) is 4.92 Å². The van der Waals surface area contributed by atoms with E-state index in [2.05, 4.69) is 19.7 Å². The third kappa shape index (κ3) is 3.26. The first-order chi connectivity index (χ1) is 12.7. The molecule has 0 saturated carbocycles. The lowest BCUT2D eigenvalue weighted by Crippen LogP contribution is -2.02. The summed E-state index contributed by atoms with van der Waals surface area (Å²) in [5.41, 5.74) is 0.912. The van der Waals surface area contributed by atoms with Gasteiger partial charge in [0.25, 0.3) is 5.69 Å². The highest BCUT2D eigenvalue weighted by Crippen LogP contribution is 2.26. The Morgan fingerprint density at radius 3 is 2.62 bits per heavy atom. The standard InChI is InChI=1S/C18H17N5O3/c24-23(25)14-7-10-17(19-12-14)26-15-8-5-13(6-9-15)18-21-20-16-4-2-1-3-11-22(16)18/h5-10,12H,1-4,11H2. The van der Waals surface area contributed by atoms with Gasteiger partial charge in [-0.05, 0) is 37.1 Å². The largest absolute Gasteiger partial charge is 0.439 e. The molecule has 132 valence electrons. The van der Waals surface area contributed by atoms with E-state index in [0.717, 1.165) is 43.0 Å². The molecule has 4 rings (SSSR count). The Balaban J connectivity index is 1.52. The van der Waals surface area contributed by atoms with E-state index in [1.807, 2.05) is 24.3 Å². The predicted octanol–water partition coefficient (Wildman–Crippen LogP) is 3.77.